The van der Waals surface area contributed by atoms with Crippen molar-refractivity contribution in [2.24, 2.45) is 0 Å². The minimum absolute atomic E-state index is 0.0790. The highest BCUT2D eigenvalue weighted by atomic mass is 16.6. The van der Waals surface area contributed by atoms with Gasteiger partial charge in [-0.25, -0.2) is 0 Å². The molecule has 0 spiro atoms. The molecule has 0 aliphatic carbocycles. The van der Waals surface area contributed by atoms with Gasteiger partial charge in [0.2, 0.25) is 0 Å². The van der Waals surface area contributed by atoms with Gasteiger partial charge in [0.25, 0.3) is 5.91 Å². The highest BCUT2D eigenvalue weighted by Gasteiger charge is 2.32. The molecule has 0 unspecified atom stereocenters. The topological polar surface area (TPSA) is 66.0 Å². The van der Waals surface area contributed by atoms with Crippen LogP contribution in [-0.2, 0) is 11.2 Å². The van der Waals surface area contributed by atoms with Gasteiger partial charge in [-0.2, -0.15) is 0 Å². The van der Waals surface area contributed by atoms with Crippen molar-refractivity contribution in [3.8, 4) is 23.0 Å². The first kappa shape index (κ1) is 17.5. The Kier molecular flexibility index (Phi) is 4.56. The van der Waals surface area contributed by atoms with Crippen molar-refractivity contribution in [3.05, 3.63) is 48.0 Å². The molecule has 27 heavy (non-hydrogen) atoms. The molecular weight excluding hydrogens is 346 g/mol. The van der Waals surface area contributed by atoms with Crippen molar-refractivity contribution >= 4 is 5.91 Å². The van der Waals surface area contributed by atoms with E-state index >= 15 is 0 Å². The van der Waals surface area contributed by atoms with Crippen molar-refractivity contribution in [1.82, 2.24) is 5.32 Å². The third-order valence-corrected chi connectivity index (χ3v) is 4.51. The van der Waals surface area contributed by atoms with E-state index in [4.69, 9.17) is 18.9 Å². The van der Waals surface area contributed by atoms with Crippen LogP contribution in [0.4, 0.5) is 0 Å². The third kappa shape index (κ3) is 3.94. The zero-order chi connectivity index (χ0) is 18.9. The molecule has 1 amide bonds. The highest BCUT2D eigenvalue weighted by molar-refractivity contribution is 5.77. The minimum atomic E-state index is -0.251. The van der Waals surface area contributed by atoms with Crippen LogP contribution in [0.1, 0.15) is 19.4 Å². The monoisotopic (exact) mass is 369 g/mol. The average molecular weight is 369 g/mol. The van der Waals surface area contributed by atoms with Crippen LogP contribution in [-0.4, -0.2) is 37.4 Å². The van der Waals surface area contributed by atoms with Gasteiger partial charge < -0.3 is 24.3 Å². The summed E-state index contributed by atoms with van der Waals surface area (Å²) in [7, 11) is 0. The molecule has 2 aromatic carbocycles. The molecule has 0 radical (unpaired) electrons. The summed E-state index contributed by atoms with van der Waals surface area (Å²) < 4.78 is 23.1. The van der Waals surface area contributed by atoms with Crippen LogP contribution in [0.5, 0.6) is 23.0 Å². The maximum Gasteiger partial charge on any atom is 0.258 e. The van der Waals surface area contributed by atoms with Gasteiger partial charge in [0.15, 0.2) is 29.6 Å². The van der Waals surface area contributed by atoms with Crippen LogP contribution < -0.4 is 24.3 Å². The van der Waals surface area contributed by atoms with Gasteiger partial charge >= 0.3 is 0 Å². The fourth-order valence-electron chi connectivity index (χ4n) is 3.29. The fraction of sp³-hybridized carbons (Fsp3) is 0.381. The second-order valence-corrected chi connectivity index (χ2v) is 7.37. The summed E-state index contributed by atoms with van der Waals surface area (Å²) >= 11 is 0. The van der Waals surface area contributed by atoms with E-state index in [1.54, 1.807) is 0 Å². The van der Waals surface area contributed by atoms with Crippen LogP contribution in [0.15, 0.2) is 42.5 Å². The molecule has 4 rings (SSSR count). The number of hydrogen-bond acceptors (Lipinski definition) is 5. The molecule has 0 saturated heterocycles. The quantitative estimate of drug-likeness (QED) is 0.878. The number of carbonyl (C=O) groups is 1. The Morgan fingerprint density at radius 2 is 2.00 bits per heavy atom. The molecule has 0 aromatic heterocycles. The minimum Gasteiger partial charge on any atom is -0.486 e. The van der Waals surface area contributed by atoms with E-state index in [-0.39, 0.29) is 24.2 Å². The number of fused-ring (bicyclic) bond motifs is 2. The van der Waals surface area contributed by atoms with Gasteiger partial charge in [-0.3, -0.25) is 4.79 Å². The van der Waals surface area contributed by atoms with E-state index in [1.807, 2.05) is 56.3 Å². The molecular formula is C21H23NO5. The Morgan fingerprint density at radius 1 is 1.19 bits per heavy atom. The lowest BCUT2D eigenvalue weighted by Gasteiger charge is -2.26. The molecule has 142 valence electrons. The molecule has 6 nitrogen and oxygen atoms in total. The molecule has 1 N–H and O–H groups in total. The lowest BCUT2D eigenvalue weighted by molar-refractivity contribution is -0.123. The van der Waals surface area contributed by atoms with E-state index in [9.17, 15) is 4.79 Å². The van der Waals surface area contributed by atoms with E-state index in [0.717, 1.165) is 23.5 Å². The Labute approximate surface area is 158 Å². The van der Waals surface area contributed by atoms with E-state index in [0.29, 0.717) is 24.7 Å². The van der Waals surface area contributed by atoms with E-state index < -0.39 is 0 Å². The summed E-state index contributed by atoms with van der Waals surface area (Å²) in [6.07, 6.45) is 0.598. The predicted molar refractivity (Wildman–Crippen MR) is 99.7 cm³/mol. The predicted octanol–water partition coefficient (Wildman–Crippen LogP) is 2.74. The number of carbonyl (C=O) groups excluding carboxylic acids is 1. The fourth-order valence-corrected chi connectivity index (χ4v) is 3.29. The van der Waals surface area contributed by atoms with Crippen molar-refractivity contribution in [2.45, 2.75) is 32.0 Å². The second-order valence-electron chi connectivity index (χ2n) is 7.37. The van der Waals surface area contributed by atoms with Crippen LogP contribution in [0.3, 0.4) is 0 Å². The van der Waals surface area contributed by atoms with E-state index in [2.05, 4.69) is 5.32 Å². The van der Waals surface area contributed by atoms with Crippen LogP contribution in [0.25, 0.3) is 0 Å². The second kappa shape index (κ2) is 7.02. The zero-order valence-electron chi connectivity index (χ0n) is 15.5. The van der Waals surface area contributed by atoms with Gasteiger partial charge in [0.1, 0.15) is 18.3 Å². The summed E-state index contributed by atoms with van der Waals surface area (Å²) in [5.41, 5.74) is 0.850. The van der Waals surface area contributed by atoms with E-state index in [1.165, 1.54) is 0 Å². The molecule has 2 aliphatic rings. The van der Waals surface area contributed by atoms with Gasteiger partial charge in [-0.05, 0) is 32.0 Å². The number of nitrogens with one attached hydrogen (secondary N) is 1. The SMILES string of the molecule is CC1(C)Cc2cccc(OCC(=O)NC[C@H]3COc4ccccc4O3)c2O1. The van der Waals surface area contributed by atoms with Gasteiger partial charge in [0, 0.05) is 12.0 Å². The van der Waals surface area contributed by atoms with Crippen LogP contribution in [0.2, 0.25) is 0 Å². The van der Waals surface area contributed by atoms with Crippen molar-refractivity contribution in [3.63, 3.8) is 0 Å². The number of para-hydroxylation sites is 3. The largest absolute Gasteiger partial charge is 0.486 e. The van der Waals surface area contributed by atoms with Crippen LogP contribution >= 0.6 is 0 Å². The standard InChI is InChI=1S/C21H23NO5/c1-21(2)10-14-6-5-9-18(20(14)27-21)25-13-19(23)22-11-15-12-24-16-7-3-4-8-17(16)26-15/h3-9,15H,10-13H2,1-2H3,(H,22,23)/t15-/m0/s1. The molecule has 2 aromatic rings. The number of rotatable bonds is 5. The average Bonchev–Trinajstić information content (AvgIpc) is 2.99. The Bertz CT molecular complexity index is 848. The highest BCUT2D eigenvalue weighted by Crippen LogP contribution is 2.41. The molecule has 2 heterocycles. The Hall–Kier alpha value is -2.89. The summed E-state index contributed by atoms with van der Waals surface area (Å²) in [6.45, 7) is 4.74. The number of benzene rings is 2. The zero-order valence-corrected chi connectivity index (χ0v) is 15.5. The lowest BCUT2D eigenvalue weighted by Crippen LogP contribution is -2.42. The maximum absolute atomic E-state index is 12.2. The lowest BCUT2D eigenvalue weighted by atomic mass is 10.0. The van der Waals surface area contributed by atoms with Gasteiger partial charge in [-0.1, -0.05) is 24.3 Å². The number of hydrogen-bond donors (Lipinski definition) is 1. The number of amides is 1. The molecule has 0 fully saturated rings. The Morgan fingerprint density at radius 3 is 2.85 bits per heavy atom. The van der Waals surface area contributed by atoms with Crippen molar-refractivity contribution in [1.29, 1.82) is 0 Å². The molecule has 0 saturated carbocycles. The molecule has 1 atom stereocenters. The van der Waals surface area contributed by atoms with Crippen LogP contribution in [0, 0.1) is 0 Å². The summed E-state index contributed by atoms with van der Waals surface area (Å²) in [6, 6.07) is 13.3. The summed E-state index contributed by atoms with van der Waals surface area (Å²) in [5, 5.41) is 2.83. The normalized spacial score (nSPS) is 19.0. The maximum atomic E-state index is 12.2. The smallest absolute Gasteiger partial charge is 0.258 e. The van der Waals surface area contributed by atoms with Gasteiger partial charge in [-0.15, -0.1) is 0 Å². The Balaban J connectivity index is 1.28. The van der Waals surface area contributed by atoms with Crippen molar-refractivity contribution in [2.75, 3.05) is 19.8 Å². The van der Waals surface area contributed by atoms with Gasteiger partial charge in [0.05, 0.1) is 6.54 Å². The number of ether oxygens (including phenoxy) is 4. The molecule has 0 bridgehead atoms. The first-order valence-corrected chi connectivity index (χ1v) is 9.09. The summed E-state index contributed by atoms with van der Waals surface area (Å²) in [5.74, 6) is 2.53. The molecule has 6 heteroatoms. The summed E-state index contributed by atoms with van der Waals surface area (Å²) in [4.78, 5) is 12.2. The first-order valence-electron chi connectivity index (χ1n) is 9.09. The molecule has 2 aliphatic heterocycles. The first-order chi connectivity index (χ1) is 13.0. The van der Waals surface area contributed by atoms with Crippen molar-refractivity contribution < 1.29 is 23.7 Å². The third-order valence-electron chi connectivity index (χ3n) is 4.51.